The fourth-order valence-electron chi connectivity index (χ4n) is 3.11. The average Bonchev–Trinajstić information content (AvgIpc) is 3.08. The van der Waals surface area contributed by atoms with E-state index in [2.05, 4.69) is 6.92 Å². The number of carbonyl (C=O) groups is 1. The largest absolute Gasteiger partial charge is 0.464 e. The van der Waals surface area contributed by atoms with Crippen molar-refractivity contribution in [3.63, 3.8) is 0 Å². The molecule has 3 aromatic rings. The van der Waals surface area contributed by atoms with E-state index in [0.29, 0.717) is 0 Å². The van der Waals surface area contributed by atoms with Crippen LogP contribution in [0.2, 0.25) is 0 Å². The Bertz CT molecular complexity index is 993. The van der Waals surface area contributed by atoms with Crippen LogP contribution in [-0.2, 0) is 17.6 Å². The van der Waals surface area contributed by atoms with Crippen LogP contribution in [0.4, 0.5) is 5.69 Å². The van der Waals surface area contributed by atoms with Crippen molar-refractivity contribution in [2.75, 3.05) is 7.05 Å². The quantitative estimate of drug-likeness (QED) is 0.469. The molecule has 0 bridgehead atoms. The number of nitro groups is 1. The lowest BCUT2D eigenvalue weighted by Crippen LogP contribution is -2.30. The fraction of sp³-hybridized carbons (Fsp3) is 0.286. The minimum Gasteiger partial charge on any atom is -0.464 e. The fourth-order valence-corrected chi connectivity index (χ4v) is 3.11. The van der Waals surface area contributed by atoms with E-state index in [9.17, 15) is 14.9 Å². The Hall–Kier alpha value is -3.15. The van der Waals surface area contributed by atoms with Gasteiger partial charge in [0.15, 0.2) is 0 Å². The van der Waals surface area contributed by atoms with Crippen LogP contribution in [-0.4, -0.2) is 22.8 Å². The van der Waals surface area contributed by atoms with E-state index >= 15 is 0 Å². The summed E-state index contributed by atoms with van der Waals surface area (Å²) in [6, 6.07) is 12.1. The number of hydrogen-bond donors (Lipinski definition) is 0. The number of benzene rings is 2. The predicted molar refractivity (Wildman–Crippen MR) is 104 cm³/mol. The van der Waals surface area contributed by atoms with E-state index in [1.165, 1.54) is 17.7 Å². The molecule has 1 atom stereocenters. The van der Waals surface area contributed by atoms with Gasteiger partial charge in [0, 0.05) is 30.1 Å². The normalized spacial score (nSPS) is 12.1. The molecule has 3 rings (SSSR count). The van der Waals surface area contributed by atoms with Crippen LogP contribution in [0.1, 0.15) is 36.6 Å². The van der Waals surface area contributed by atoms with Crippen molar-refractivity contribution in [2.45, 2.75) is 32.7 Å². The molecule has 0 saturated heterocycles. The molecule has 6 heteroatoms. The van der Waals surface area contributed by atoms with Gasteiger partial charge < -0.3 is 9.32 Å². The summed E-state index contributed by atoms with van der Waals surface area (Å²) in [5.74, 6) is -0.0729. The smallest absolute Gasteiger partial charge is 0.269 e. The molecule has 0 radical (unpaired) electrons. The van der Waals surface area contributed by atoms with Gasteiger partial charge in [-0.05, 0) is 30.5 Å². The Morgan fingerprint density at radius 3 is 2.74 bits per heavy atom. The summed E-state index contributed by atoms with van der Waals surface area (Å²) in [4.78, 5) is 24.9. The van der Waals surface area contributed by atoms with Crippen LogP contribution in [0.15, 0.2) is 53.1 Å². The number of carbonyl (C=O) groups excluding carboxylic acids is 1. The summed E-state index contributed by atoms with van der Waals surface area (Å²) in [5, 5.41) is 11.9. The van der Waals surface area contributed by atoms with Crippen LogP contribution in [0.25, 0.3) is 11.0 Å². The third kappa shape index (κ3) is 3.84. The highest BCUT2D eigenvalue weighted by Crippen LogP contribution is 2.26. The lowest BCUT2D eigenvalue weighted by Gasteiger charge is -2.25. The van der Waals surface area contributed by atoms with Gasteiger partial charge in [0.1, 0.15) is 5.58 Å². The summed E-state index contributed by atoms with van der Waals surface area (Å²) in [5.41, 5.74) is 3.56. The molecule has 0 saturated carbocycles. The molecule has 1 heterocycles. The number of hydrogen-bond acceptors (Lipinski definition) is 4. The van der Waals surface area contributed by atoms with Crippen molar-refractivity contribution in [1.82, 2.24) is 4.90 Å². The van der Waals surface area contributed by atoms with Crippen molar-refractivity contribution in [3.8, 4) is 0 Å². The van der Waals surface area contributed by atoms with Crippen LogP contribution in [0.3, 0.4) is 0 Å². The molecular formula is C21H22N2O4. The Kier molecular flexibility index (Phi) is 5.26. The van der Waals surface area contributed by atoms with Crippen LogP contribution >= 0.6 is 0 Å². The maximum absolute atomic E-state index is 12.8. The van der Waals surface area contributed by atoms with E-state index in [1.54, 1.807) is 30.3 Å². The van der Waals surface area contributed by atoms with Gasteiger partial charge in [-0.3, -0.25) is 14.9 Å². The molecule has 0 N–H and O–H groups in total. The third-order valence-corrected chi connectivity index (χ3v) is 5.01. The second-order valence-corrected chi connectivity index (χ2v) is 6.65. The number of furan rings is 1. The van der Waals surface area contributed by atoms with E-state index in [4.69, 9.17) is 4.42 Å². The molecule has 27 heavy (non-hydrogen) atoms. The number of rotatable bonds is 6. The Balaban J connectivity index is 1.77. The minimum atomic E-state index is -0.430. The zero-order chi connectivity index (χ0) is 19.6. The first-order valence-corrected chi connectivity index (χ1v) is 8.89. The van der Waals surface area contributed by atoms with Crippen LogP contribution in [0.5, 0.6) is 0 Å². The molecule has 0 unspecified atom stereocenters. The zero-order valence-electron chi connectivity index (χ0n) is 15.6. The monoisotopic (exact) mass is 366 g/mol. The van der Waals surface area contributed by atoms with Gasteiger partial charge in [-0.25, -0.2) is 0 Å². The standard InChI is InChI=1S/C21H22N2O4/c1-4-15-8-9-19-17(13-27-20(19)10-15)12-21(24)22(3)14(2)16-6-5-7-18(11-16)23(25)26/h5-11,13-14H,4,12H2,1-3H3/t14-/m0/s1. The zero-order valence-corrected chi connectivity index (χ0v) is 15.6. The van der Waals surface area contributed by atoms with E-state index in [1.807, 2.05) is 25.1 Å². The highest BCUT2D eigenvalue weighted by Gasteiger charge is 2.21. The molecular weight excluding hydrogens is 344 g/mol. The number of fused-ring (bicyclic) bond motifs is 1. The van der Waals surface area contributed by atoms with Crippen molar-refractivity contribution >= 4 is 22.6 Å². The molecule has 1 amide bonds. The van der Waals surface area contributed by atoms with Crippen molar-refractivity contribution < 1.29 is 14.1 Å². The molecule has 140 valence electrons. The second kappa shape index (κ2) is 7.61. The number of likely N-dealkylation sites (N-methyl/N-ethyl adjacent to an activating group) is 1. The van der Waals surface area contributed by atoms with Crippen LogP contribution < -0.4 is 0 Å². The molecule has 0 aliphatic heterocycles. The summed E-state index contributed by atoms with van der Waals surface area (Å²) in [6.45, 7) is 3.94. The van der Waals surface area contributed by atoms with Gasteiger partial charge in [0.2, 0.25) is 5.91 Å². The lowest BCUT2D eigenvalue weighted by atomic mass is 10.0. The van der Waals surface area contributed by atoms with Crippen molar-refractivity contribution in [2.24, 2.45) is 0 Å². The summed E-state index contributed by atoms with van der Waals surface area (Å²) in [7, 11) is 1.71. The molecule has 0 spiro atoms. The number of non-ortho nitro benzene ring substituents is 1. The summed E-state index contributed by atoms with van der Waals surface area (Å²) >= 11 is 0. The molecule has 0 aliphatic carbocycles. The minimum absolute atomic E-state index is 0.0211. The number of aryl methyl sites for hydroxylation is 1. The molecule has 1 aromatic heterocycles. The first-order valence-electron chi connectivity index (χ1n) is 8.89. The first-order chi connectivity index (χ1) is 12.9. The van der Waals surface area contributed by atoms with Gasteiger partial charge in [-0.15, -0.1) is 0 Å². The van der Waals surface area contributed by atoms with Crippen molar-refractivity contribution in [3.05, 3.63) is 75.5 Å². The summed E-state index contributed by atoms with van der Waals surface area (Å²) in [6.07, 6.45) is 2.77. The van der Waals surface area contributed by atoms with Crippen LogP contribution in [0, 0.1) is 10.1 Å². The maximum Gasteiger partial charge on any atom is 0.269 e. The topological polar surface area (TPSA) is 76.6 Å². The van der Waals surface area contributed by atoms with E-state index < -0.39 is 4.92 Å². The highest BCUT2D eigenvalue weighted by molar-refractivity contribution is 5.88. The molecule has 0 fully saturated rings. The lowest BCUT2D eigenvalue weighted by molar-refractivity contribution is -0.384. The van der Waals surface area contributed by atoms with Gasteiger partial charge in [0.25, 0.3) is 5.69 Å². The van der Waals surface area contributed by atoms with Gasteiger partial charge in [-0.2, -0.15) is 0 Å². The number of amides is 1. The molecule has 0 aliphatic rings. The Labute approximate surface area is 157 Å². The van der Waals surface area contributed by atoms with E-state index in [-0.39, 0.29) is 24.1 Å². The van der Waals surface area contributed by atoms with Gasteiger partial charge >= 0.3 is 0 Å². The number of nitrogens with zero attached hydrogens (tertiary/aromatic N) is 2. The van der Waals surface area contributed by atoms with Gasteiger partial charge in [-0.1, -0.05) is 31.2 Å². The molecule has 2 aromatic carbocycles. The Morgan fingerprint density at radius 2 is 2.04 bits per heavy atom. The van der Waals surface area contributed by atoms with E-state index in [0.717, 1.165) is 28.5 Å². The van der Waals surface area contributed by atoms with Gasteiger partial charge in [0.05, 0.1) is 23.6 Å². The van der Waals surface area contributed by atoms with Crippen molar-refractivity contribution in [1.29, 1.82) is 0 Å². The third-order valence-electron chi connectivity index (χ3n) is 5.01. The first kappa shape index (κ1) is 18.6. The average molecular weight is 366 g/mol. The SMILES string of the molecule is CCc1ccc2c(CC(=O)N(C)[C@@H](C)c3cccc([N+](=O)[O-])c3)coc2c1. The maximum atomic E-state index is 12.8. The Morgan fingerprint density at radius 1 is 1.26 bits per heavy atom. The summed E-state index contributed by atoms with van der Waals surface area (Å²) < 4.78 is 5.61. The highest BCUT2D eigenvalue weighted by atomic mass is 16.6. The second-order valence-electron chi connectivity index (χ2n) is 6.65. The number of nitro benzene ring substituents is 1. The molecule has 6 nitrogen and oxygen atoms in total. The predicted octanol–water partition coefficient (Wildman–Crippen LogP) is 4.67.